The fourth-order valence-corrected chi connectivity index (χ4v) is 4.00. The van der Waals surface area contributed by atoms with Crippen LogP contribution in [0.15, 0.2) is 72.8 Å². The number of benzene rings is 3. The van der Waals surface area contributed by atoms with E-state index in [0.29, 0.717) is 5.56 Å². The molecule has 0 heterocycles. The van der Waals surface area contributed by atoms with E-state index in [4.69, 9.17) is 9.47 Å². The van der Waals surface area contributed by atoms with Crippen molar-refractivity contribution in [2.24, 2.45) is 0 Å². The largest absolute Gasteiger partial charge is 0.462 e. The van der Waals surface area contributed by atoms with Gasteiger partial charge in [0.1, 0.15) is 12.4 Å². The Labute approximate surface area is 191 Å². The molecule has 0 saturated heterocycles. The third kappa shape index (κ3) is 4.95. The third-order valence-electron chi connectivity index (χ3n) is 5.50. The van der Waals surface area contributed by atoms with Gasteiger partial charge in [0, 0.05) is 12.5 Å². The standard InChI is InChI=1S/C27H24FNO4/c1-2-32-26(30)23-16-18(13-14-25(23)28)8-7-15-29-27(31)33-17-24-21-11-5-3-9-19(21)20-10-4-6-12-22(20)24/h3-14,16,24H,2,15,17H2,1H3,(H,29,31). The lowest BCUT2D eigenvalue weighted by Gasteiger charge is -2.14. The number of carbonyl (C=O) groups excluding carboxylic acids is 2. The molecule has 0 aromatic heterocycles. The molecule has 168 valence electrons. The quantitative estimate of drug-likeness (QED) is 0.484. The third-order valence-corrected chi connectivity index (χ3v) is 5.50. The van der Waals surface area contributed by atoms with Gasteiger partial charge in [-0.1, -0.05) is 66.7 Å². The highest BCUT2D eigenvalue weighted by molar-refractivity contribution is 5.90. The molecule has 0 radical (unpaired) electrons. The van der Waals surface area contributed by atoms with Crippen LogP contribution in [-0.4, -0.2) is 31.8 Å². The predicted molar refractivity (Wildman–Crippen MR) is 124 cm³/mol. The molecule has 4 rings (SSSR count). The first-order valence-corrected chi connectivity index (χ1v) is 10.8. The van der Waals surface area contributed by atoms with Crippen LogP contribution < -0.4 is 5.32 Å². The van der Waals surface area contributed by atoms with E-state index in [9.17, 15) is 14.0 Å². The Morgan fingerprint density at radius 1 is 0.970 bits per heavy atom. The molecule has 33 heavy (non-hydrogen) atoms. The Hall–Kier alpha value is -3.93. The number of fused-ring (bicyclic) bond motifs is 3. The van der Waals surface area contributed by atoms with Gasteiger partial charge in [0.25, 0.3) is 0 Å². The normalized spacial score (nSPS) is 12.3. The van der Waals surface area contributed by atoms with Crippen LogP contribution in [0.1, 0.15) is 39.9 Å². The summed E-state index contributed by atoms with van der Waals surface area (Å²) in [5.41, 5.74) is 5.15. The van der Waals surface area contributed by atoms with E-state index in [1.165, 1.54) is 23.3 Å². The second-order valence-electron chi connectivity index (χ2n) is 7.57. The van der Waals surface area contributed by atoms with Crippen LogP contribution in [0, 0.1) is 5.82 Å². The van der Waals surface area contributed by atoms with Crippen molar-refractivity contribution in [3.8, 4) is 11.1 Å². The Kier molecular flexibility index (Phi) is 6.83. The molecule has 6 heteroatoms. The summed E-state index contributed by atoms with van der Waals surface area (Å²) < 4.78 is 24.2. The summed E-state index contributed by atoms with van der Waals surface area (Å²) >= 11 is 0. The van der Waals surface area contributed by atoms with Gasteiger partial charge in [0.2, 0.25) is 0 Å². The summed E-state index contributed by atoms with van der Waals surface area (Å²) in [7, 11) is 0. The highest BCUT2D eigenvalue weighted by Gasteiger charge is 2.28. The maximum absolute atomic E-state index is 13.8. The zero-order valence-electron chi connectivity index (χ0n) is 18.2. The maximum Gasteiger partial charge on any atom is 0.407 e. The molecule has 3 aromatic rings. The van der Waals surface area contributed by atoms with Gasteiger partial charge in [-0.15, -0.1) is 0 Å². The number of carbonyl (C=O) groups is 2. The van der Waals surface area contributed by atoms with Crippen LogP contribution in [0.3, 0.4) is 0 Å². The molecule has 0 saturated carbocycles. The number of ether oxygens (including phenoxy) is 2. The van der Waals surface area contributed by atoms with Crippen molar-refractivity contribution in [3.63, 3.8) is 0 Å². The molecule has 1 N–H and O–H groups in total. The minimum atomic E-state index is -0.706. The predicted octanol–water partition coefficient (Wildman–Crippen LogP) is 5.55. The van der Waals surface area contributed by atoms with E-state index >= 15 is 0 Å². The van der Waals surface area contributed by atoms with E-state index in [1.807, 2.05) is 24.3 Å². The second-order valence-corrected chi connectivity index (χ2v) is 7.57. The highest BCUT2D eigenvalue weighted by Crippen LogP contribution is 2.44. The molecular formula is C27H24FNO4. The zero-order valence-corrected chi connectivity index (χ0v) is 18.2. The smallest absolute Gasteiger partial charge is 0.407 e. The van der Waals surface area contributed by atoms with Crippen molar-refractivity contribution in [1.29, 1.82) is 0 Å². The molecular weight excluding hydrogens is 421 g/mol. The SMILES string of the molecule is CCOC(=O)c1cc(C=CCNC(=O)OCC2c3ccccc3-c3ccccc32)ccc1F. The number of nitrogens with one attached hydrogen (secondary N) is 1. The molecule has 1 amide bonds. The van der Waals surface area contributed by atoms with E-state index < -0.39 is 17.9 Å². The highest BCUT2D eigenvalue weighted by atomic mass is 19.1. The number of hydrogen-bond donors (Lipinski definition) is 1. The first kappa shape index (κ1) is 22.3. The summed E-state index contributed by atoms with van der Waals surface area (Å²) in [5, 5.41) is 2.68. The van der Waals surface area contributed by atoms with Gasteiger partial charge in [0.15, 0.2) is 0 Å². The van der Waals surface area contributed by atoms with Crippen LogP contribution in [0.4, 0.5) is 9.18 Å². The topological polar surface area (TPSA) is 64.6 Å². The van der Waals surface area contributed by atoms with Gasteiger partial charge in [0.05, 0.1) is 12.2 Å². The number of halogens is 1. The van der Waals surface area contributed by atoms with Crippen molar-refractivity contribution in [2.75, 3.05) is 19.8 Å². The van der Waals surface area contributed by atoms with Gasteiger partial charge >= 0.3 is 12.1 Å². The number of rotatable bonds is 7. The van der Waals surface area contributed by atoms with E-state index in [2.05, 4.69) is 29.6 Å². The average Bonchev–Trinajstić information content (AvgIpc) is 3.15. The van der Waals surface area contributed by atoms with Gasteiger partial charge in [-0.3, -0.25) is 0 Å². The molecule has 5 nitrogen and oxygen atoms in total. The molecule has 0 fully saturated rings. The summed E-state index contributed by atoms with van der Waals surface area (Å²) in [5.74, 6) is -1.34. The van der Waals surface area contributed by atoms with Crippen LogP contribution in [-0.2, 0) is 9.47 Å². The summed E-state index contributed by atoms with van der Waals surface area (Å²) in [4.78, 5) is 24.0. The van der Waals surface area contributed by atoms with Crippen molar-refractivity contribution in [1.82, 2.24) is 5.32 Å². The molecule has 0 aliphatic heterocycles. The number of hydrogen-bond acceptors (Lipinski definition) is 4. The van der Waals surface area contributed by atoms with Gasteiger partial charge in [-0.05, 0) is 46.9 Å². The fourth-order valence-electron chi connectivity index (χ4n) is 4.00. The average molecular weight is 445 g/mol. The molecule has 1 aliphatic rings. The Morgan fingerprint density at radius 3 is 2.30 bits per heavy atom. The monoisotopic (exact) mass is 445 g/mol. The van der Waals surface area contributed by atoms with Crippen LogP contribution >= 0.6 is 0 Å². The fraction of sp³-hybridized carbons (Fsp3) is 0.185. The Balaban J connectivity index is 1.32. The number of alkyl carbamates (subject to hydrolysis) is 1. The van der Waals surface area contributed by atoms with E-state index in [0.717, 1.165) is 11.1 Å². The summed E-state index contributed by atoms with van der Waals surface area (Å²) in [6.45, 7) is 2.30. The molecule has 0 unspecified atom stereocenters. The summed E-state index contributed by atoms with van der Waals surface area (Å²) in [6.07, 6.45) is 2.86. The zero-order chi connectivity index (χ0) is 23.2. The van der Waals surface area contributed by atoms with Gasteiger partial charge in [-0.2, -0.15) is 0 Å². The van der Waals surface area contributed by atoms with Crippen LogP contribution in [0.5, 0.6) is 0 Å². The summed E-state index contributed by atoms with van der Waals surface area (Å²) in [6, 6.07) is 20.5. The Bertz CT molecular complexity index is 1160. The van der Waals surface area contributed by atoms with Gasteiger partial charge in [-0.25, -0.2) is 14.0 Å². The van der Waals surface area contributed by atoms with Crippen LogP contribution in [0.25, 0.3) is 17.2 Å². The van der Waals surface area contributed by atoms with Crippen molar-refractivity contribution in [2.45, 2.75) is 12.8 Å². The number of amides is 1. The maximum atomic E-state index is 13.8. The molecule has 0 spiro atoms. The lowest BCUT2D eigenvalue weighted by atomic mass is 9.98. The van der Waals surface area contributed by atoms with E-state index in [-0.39, 0.29) is 31.2 Å². The van der Waals surface area contributed by atoms with Crippen molar-refractivity contribution in [3.05, 3.63) is 101 Å². The Morgan fingerprint density at radius 2 is 1.64 bits per heavy atom. The van der Waals surface area contributed by atoms with Gasteiger partial charge < -0.3 is 14.8 Å². The second kappa shape index (κ2) is 10.1. The lowest BCUT2D eigenvalue weighted by molar-refractivity contribution is 0.0521. The minimum absolute atomic E-state index is 0.000736. The number of esters is 1. The molecule has 3 aromatic carbocycles. The van der Waals surface area contributed by atoms with Crippen molar-refractivity contribution < 1.29 is 23.5 Å². The first-order chi connectivity index (χ1) is 16.1. The minimum Gasteiger partial charge on any atom is -0.462 e. The van der Waals surface area contributed by atoms with E-state index in [1.54, 1.807) is 25.1 Å². The van der Waals surface area contributed by atoms with Crippen LogP contribution in [0.2, 0.25) is 0 Å². The lowest BCUT2D eigenvalue weighted by Crippen LogP contribution is -2.26. The van der Waals surface area contributed by atoms with Crippen molar-refractivity contribution >= 4 is 18.1 Å². The molecule has 0 atom stereocenters. The molecule has 0 bridgehead atoms. The first-order valence-electron chi connectivity index (χ1n) is 10.8. The molecule has 1 aliphatic carbocycles.